The van der Waals surface area contributed by atoms with Crippen LogP contribution in [0.3, 0.4) is 0 Å². The number of hydrogen-bond acceptors (Lipinski definition) is 5. The Labute approximate surface area is 140 Å². The molecule has 1 saturated heterocycles. The minimum atomic E-state index is -3.14. The summed E-state index contributed by atoms with van der Waals surface area (Å²) in [5.41, 5.74) is 1.33. The molecule has 7 nitrogen and oxygen atoms in total. The van der Waals surface area contributed by atoms with Crippen molar-refractivity contribution in [3.8, 4) is 5.75 Å². The van der Waals surface area contributed by atoms with Crippen molar-refractivity contribution in [2.24, 2.45) is 0 Å². The number of hydrogen-bond donors (Lipinski definition) is 1. The summed E-state index contributed by atoms with van der Waals surface area (Å²) in [5, 5.41) is 0.915. The molecule has 0 atom stereocenters. The second-order valence-corrected chi connectivity index (χ2v) is 8.00. The van der Waals surface area contributed by atoms with Gasteiger partial charge in [-0.15, -0.1) is 0 Å². The SMILES string of the molecule is COc1ccc2[nH]c(=O)c(CN3CCN(S(C)(=O)=O)CC3)cc2c1. The largest absolute Gasteiger partial charge is 0.497 e. The zero-order valence-corrected chi connectivity index (χ0v) is 14.6. The summed E-state index contributed by atoms with van der Waals surface area (Å²) in [6.07, 6.45) is 1.23. The first kappa shape index (κ1) is 16.9. The molecular formula is C16H21N3O4S. The van der Waals surface area contributed by atoms with Gasteiger partial charge in [-0.25, -0.2) is 8.42 Å². The van der Waals surface area contributed by atoms with Crippen LogP contribution in [0.2, 0.25) is 0 Å². The Morgan fingerprint density at radius 2 is 1.88 bits per heavy atom. The Morgan fingerprint density at radius 3 is 2.50 bits per heavy atom. The van der Waals surface area contributed by atoms with Gasteiger partial charge in [0, 0.05) is 49.2 Å². The minimum absolute atomic E-state index is 0.113. The van der Waals surface area contributed by atoms with E-state index in [4.69, 9.17) is 4.74 Å². The summed E-state index contributed by atoms with van der Waals surface area (Å²) in [5.74, 6) is 0.738. The Balaban J connectivity index is 1.78. The quantitative estimate of drug-likeness (QED) is 0.873. The predicted octanol–water partition coefficient (Wildman–Crippen LogP) is 0.614. The number of ether oxygens (including phenoxy) is 1. The van der Waals surface area contributed by atoms with Crippen LogP contribution in [0.5, 0.6) is 5.75 Å². The van der Waals surface area contributed by atoms with Crippen LogP contribution in [-0.4, -0.2) is 62.2 Å². The summed E-state index contributed by atoms with van der Waals surface area (Å²) < 4.78 is 29.8. The third kappa shape index (κ3) is 3.61. The molecule has 0 aliphatic carbocycles. The molecule has 0 unspecified atom stereocenters. The van der Waals surface area contributed by atoms with E-state index in [-0.39, 0.29) is 5.56 Å². The third-order valence-electron chi connectivity index (χ3n) is 4.32. The average Bonchev–Trinajstić information content (AvgIpc) is 2.55. The first-order valence-electron chi connectivity index (χ1n) is 7.74. The van der Waals surface area contributed by atoms with Crippen LogP contribution in [0.15, 0.2) is 29.1 Å². The van der Waals surface area contributed by atoms with E-state index >= 15 is 0 Å². The Hall–Kier alpha value is -1.90. The number of nitrogens with one attached hydrogen (secondary N) is 1. The maximum atomic E-state index is 12.3. The van der Waals surface area contributed by atoms with Crippen molar-refractivity contribution in [3.63, 3.8) is 0 Å². The number of sulfonamides is 1. The minimum Gasteiger partial charge on any atom is -0.497 e. The number of fused-ring (bicyclic) bond motifs is 1. The molecule has 2 aromatic rings. The summed E-state index contributed by atoms with van der Waals surface area (Å²) in [6, 6.07) is 7.39. The van der Waals surface area contributed by atoms with Crippen molar-refractivity contribution in [3.05, 3.63) is 40.2 Å². The topological polar surface area (TPSA) is 82.7 Å². The highest BCUT2D eigenvalue weighted by Crippen LogP contribution is 2.19. The molecule has 2 heterocycles. The van der Waals surface area contributed by atoms with E-state index in [0.717, 1.165) is 16.7 Å². The highest BCUT2D eigenvalue weighted by atomic mass is 32.2. The van der Waals surface area contributed by atoms with Crippen LogP contribution in [0, 0.1) is 0 Å². The highest BCUT2D eigenvalue weighted by molar-refractivity contribution is 7.88. The van der Waals surface area contributed by atoms with Crippen LogP contribution >= 0.6 is 0 Å². The van der Waals surface area contributed by atoms with E-state index in [9.17, 15) is 13.2 Å². The van der Waals surface area contributed by atoms with E-state index in [1.807, 2.05) is 24.3 Å². The fourth-order valence-electron chi connectivity index (χ4n) is 2.93. The number of nitrogens with zero attached hydrogens (tertiary/aromatic N) is 2. The van der Waals surface area contributed by atoms with Gasteiger partial charge in [-0.1, -0.05) is 0 Å². The Bertz CT molecular complexity index is 899. The molecule has 1 N–H and O–H groups in total. The predicted molar refractivity (Wildman–Crippen MR) is 92.8 cm³/mol. The highest BCUT2D eigenvalue weighted by Gasteiger charge is 2.23. The molecule has 1 aliphatic rings. The molecule has 0 bridgehead atoms. The van der Waals surface area contributed by atoms with Gasteiger partial charge in [-0.05, 0) is 24.3 Å². The van der Waals surface area contributed by atoms with E-state index in [1.165, 1.54) is 10.6 Å². The lowest BCUT2D eigenvalue weighted by molar-refractivity contribution is 0.181. The van der Waals surface area contributed by atoms with Crippen molar-refractivity contribution in [2.75, 3.05) is 39.5 Å². The number of rotatable bonds is 4. The molecule has 0 spiro atoms. The first-order valence-corrected chi connectivity index (χ1v) is 9.59. The lowest BCUT2D eigenvalue weighted by atomic mass is 10.1. The molecule has 0 radical (unpaired) electrons. The van der Waals surface area contributed by atoms with Crippen LogP contribution in [0.1, 0.15) is 5.56 Å². The van der Waals surface area contributed by atoms with E-state index < -0.39 is 10.0 Å². The molecule has 24 heavy (non-hydrogen) atoms. The van der Waals surface area contributed by atoms with Crippen LogP contribution in [0.4, 0.5) is 0 Å². The van der Waals surface area contributed by atoms with Gasteiger partial charge < -0.3 is 9.72 Å². The number of methoxy groups -OCH3 is 1. The smallest absolute Gasteiger partial charge is 0.252 e. The van der Waals surface area contributed by atoms with E-state index in [0.29, 0.717) is 38.3 Å². The van der Waals surface area contributed by atoms with Crippen LogP contribution in [0.25, 0.3) is 10.9 Å². The lowest BCUT2D eigenvalue weighted by Crippen LogP contribution is -2.48. The van der Waals surface area contributed by atoms with Crippen molar-refractivity contribution in [1.82, 2.24) is 14.2 Å². The molecule has 1 aliphatic heterocycles. The standard InChI is InChI=1S/C16H21N3O4S/c1-23-14-3-4-15-12(10-14)9-13(16(20)17-15)11-18-5-7-19(8-6-18)24(2,21)22/h3-4,9-10H,5-8,11H2,1-2H3,(H,17,20). The Kier molecular flexibility index (Phi) is 4.62. The lowest BCUT2D eigenvalue weighted by Gasteiger charge is -2.33. The van der Waals surface area contributed by atoms with Crippen molar-refractivity contribution in [1.29, 1.82) is 0 Å². The number of H-pyrrole nitrogens is 1. The van der Waals surface area contributed by atoms with Gasteiger partial charge in [-0.3, -0.25) is 9.69 Å². The molecule has 3 rings (SSSR count). The molecule has 8 heteroatoms. The third-order valence-corrected chi connectivity index (χ3v) is 5.63. The number of benzene rings is 1. The maximum Gasteiger partial charge on any atom is 0.252 e. The van der Waals surface area contributed by atoms with Crippen LogP contribution < -0.4 is 10.3 Å². The zero-order chi connectivity index (χ0) is 17.3. The summed E-state index contributed by atoms with van der Waals surface area (Å²) >= 11 is 0. The normalized spacial score (nSPS) is 17.2. The summed E-state index contributed by atoms with van der Waals surface area (Å²) in [7, 11) is -1.54. The number of pyridine rings is 1. The monoisotopic (exact) mass is 351 g/mol. The van der Waals surface area contributed by atoms with E-state index in [2.05, 4.69) is 9.88 Å². The fourth-order valence-corrected chi connectivity index (χ4v) is 3.76. The van der Waals surface area contributed by atoms with Gasteiger partial charge in [0.15, 0.2) is 0 Å². The van der Waals surface area contributed by atoms with Gasteiger partial charge in [-0.2, -0.15) is 4.31 Å². The average molecular weight is 351 g/mol. The second kappa shape index (κ2) is 6.54. The van der Waals surface area contributed by atoms with Crippen molar-refractivity contribution in [2.45, 2.75) is 6.54 Å². The zero-order valence-electron chi connectivity index (χ0n) is 13.8. The fraction of sp³-hybridized carbons (Fsp3) is 0.438. The summed E-state index contributed by atoms with van der Waals surface area (Å²) in [6.45, 7) is 2.64. The second-order valence-electron chi connectivity index (χ2n) is 6.02. The molecule has 0 saturated carbocycles. The first-order chi connectivity index (χ1) is 11.4. The van der Waals surface area contributed by atoms with Gasteiger partial charge >= 0.3 is 0 Å². The van der Waals surface area contributed by atoms with Crippen molar-refractivity contribution >= 4 is 20.9 Å². The van der Waals surface area contributed by atoms with Gasteiger partial charge in [0.1, 0.15) is 5.75 Å². The molecule has 0 amide bonds. The number of aromatic amines is 1. The van der Waals surface area contributed by atoms with Gasteiger partial charge in [0.25, 0.3) is 5.56 Å². The molecule has 1 aromatic carbocycles. The van der Waals surface area contributed by atoms with Crippen molar-refractivity contribution < 1.29 is 13.2 Å². The number of aromatic nitrogens is 1. The number of piperazine rings is 1. The van der Waals surface area contributed by atoms with E-state index in [1.54, 1.807) is 7.11 Å². The maximum absolute atomic E-state index is 12.3. The molecular weight excluding hydrogens is 330 g/mol. The van der Waals surface area contributed by atoms with Gasteiger partial charge in [0.2, 0.25) is 10.0 Å². The molecule has 1 fully saturated rings. The Morgan fingerprint density at radius 1 is 1.17 bits per heavy atom. The van der Waals surface area contributed by atoms with Gasteiger partial charge in [0.05, 0.1) is 13.4 Å². The molecule has 130 valence electrons. The summed E-state index contributed by atoms with van der Waals surface area (Å²) in [4.78, 5) is 17.2. The molecule has 1 aromatic heterocycles. The van der Waals surface area contributed by atoms with Crippen LogP contribution in [-0.2, 0) is 16.6 Å².